The Kier molecular flexibility index (Phi) is 4.68. The Labute approximate surface area is 162 Å². The van der Waals surface area contributed by atoms with Crippen LogP contribution in [0.4, 0.5) is 10.6 Å². The molecule has 1 aromatic heterocycles. The second-order valence-corrected chi connectivity index (χ2v) is 6.44. The summed E-state index contributed by atoms with van der Waals surface area (Å²) in [5.74, 6) is 0.905. The number of anilines is 1. The number of aromatic nitrogens is 2. The van der Waals surface area contributed by atoms with E-state index in [1.54, 1.807) is 6.07 Å². The van der Waals surface area contributed by atoms with Gasteiger partial charge in [-0.25, -0.2) is 4.79 Å². The second-order valence-electron chi connectivity index (χ2n) is 6.44. The molecule has 6 nitrogen and oxygen atoms in total. The van der Waals surface area contributed by atoms with Gasteiger partial charge in [0.2, 0.25) is 0 Å². The van der Waals surface area contributed by atoms with Crippen LogP contribution in [-0.2, 0) is 6.42 Å². The summed E-state index contributed by atoms with van der Waals surface area (Å²) in [6.45, 7) is 0. The van der Waals surface area contributed by atoms with E-state index in [-0.39, 0.29) is 0 Å². The van der Waals surface area contributed by atoms with Gasteiger partial charge in [-0.1, -0.05) is 42.5 Å². The molecule has 0 aliphatic heterocycles. The number of hydrogen-bond donors (Lipinski definition) is 3. The van der Waals surface area contributed by atoms with Gasteiger partial charge in [0.1, 0.15) is 5.75 Å². The Balaban J connectivity index is 1.68. The molecule has 139 valence electrons. The fourth-order valence-electron chi connectivity index (χ4n) is 3.15. The first-order valence-electron chi connectivity index (χ1n) is 8.82. The standard InChI is InChI=1S/C22H19N4O2/c23-21-18-10-8-16(13-19(18)25-26-21)15-9-11-20(28-22(24)27)17(12-15)7-6-14-4-2-1-3-5-14/h1-5,7-13H,6H2,(H2,24,27)(H3,23,25,26). The first kappa shape index (κ1) is 17.6. The Bertz CT molecular complexity index is 1140. The zero-order valence-corrected chi connectivity index (χ0v) is 15.1. The molecule has 28 heavy (non-hydrogen) atoms. The molecule has 0 saturated heterocycles. The summed E-state index contributed by atoms with van der Waals surface area (Å²) in [5, 5.41) is 7.84. The van der Waals surface area contributed by atoms with E-state index in [2.05, 4.69) is 10.2 Å². The Morgan fingerprint density at radius 1 is 1.04 bits per heavy atom. The SMILES string of the molecule is NC(=O)Oc1ccc(-c2ccc3c(N)n[nH]c3c2)cc1[CH]Cc1ccccc1. The normalized spacial score (nSPS) is 10.9. The van der Waals surface area contributed by atoms with Gasteiger partial charge in [-0.3, -0.25) is 5.10 Å². The number of ether oxygens (including phenoxy) is 1. The lowest BCUT2D eigenvalue weighted by Gasteiger charge is -2.11. The number of nitrogen functional groups attached to an aromatic ring is 1. The maximum Gasteiger partial charge on any atom is 0.409 e. The number of hydrogen-bond acceptors (Lipinski definition) is 4. The first-order chi connectivity index (χ1) is 13.6. The molecular formula is C22H19N4O2. The lowest BCUT2D eigenvalue weighted by atomic mass is 9.98. The molecule has 0 bridgehead atoms. The van der Waals surface area contributed by atoms with E-state index in [1.807, 2.05) is 67.1 Å². The molecule has 0 saturated carbocycles. The molecule has 0 fully saturated rings. The summed E-state index contributed by atoms with van der Waals surface area (Å²) < 4.78 is 5.17. The van der Waals surface area contributed by atoms with Crippen molar-refractivity contribution in [3.05, 3.63) is 84.3 Å². The van der Waals surface area contributed by atoms with E-state index in [4.69, 9.17) is 16.2 Å². The van der Waals surface area contributed by atoms with Crippen molar-refractivity contribution in [1.29, 1.82) is 0 Å². The largest absolute Gasteiger partial charge is 0.410 e. The van der Waals surface area contributed by atoms with Crippen LogP contribution >= 0.6 is 0 Å². The van der Waals surface area contributed by atoms with Crippen molar-refractivity contribution in [2.45, 2.75) is 6.42 Å². The van der Waals surface area contributed by atoms with Crippen LogP contribution in [0.5, 0.6) is 5.75 Å². The number of nitrogens with zero attached hydrogens (tertiary/aromatic N) is 1. The molecule has 0 unspecified atom stereocenters. The van der Waals surface area contributed by atoms with Gasteiger partial charge in [0.15, 0.2) is 5.82 Å². The van der Waals surface area contributed by atoms with Crippen LogP contribution in [0.25, 0.3) is 22.0 Å². The van der Waals surface area contributed by atoms with Crippen LogP contribution < -0.4 is 16.2 Å². The number of rotatable bonds is 5. The minimum absolute atomic E-state index is 0.430. The Hall–Kier alpha value is -3.80. The summed E-state index contributed by atoms with van der Waals surface area (Å²) in [6.07, 6.45) is 1.88. The van der Waals surface area contributed by atoms with Gasteiger partial charge in [0.05, 0.1) is 5.52 Å². The number of carbonyl (C=O) groups is 1. The van der Waals surface area contributed by atoms with E-state index in [1.165, 1.54) is 0 Å². The number of fused-ring (bicyclic) bond motifs is 1. The molecule has 0 aliphatic carbocycles. The molecule has 1 heterocycles. The third kappa shape index (κ3) is 3.66. The van der Waals surface area contributed by atoms with Gasteiger partial charge < -0.3 is 16.2 Å². The third-order valence-corrected chi connectivity index (χ3v) is 4.55. The number of aromatic amines is 1. The quantitative estimate of drug-likeness (QED) is 0.491. The van der Waals surface area contributed by atoms with E-state index in [9.17, 15) is 4.79 Å². The van der Waals surface area contributed by atoms with Crippen LogP contribution in [0.1, 0.15) is 11.1 Å². The van der Waals surface area contributed by atoms with Gasteiger partial charge in [0, 0.05) is 5.39 Å². The molecule has 4 aromatic rings. The molecule has 1 amide bonds. The highest BCUT2D eigenvalue weighted by molar-refractivity contribution is 5.91. The zero-order valence-electron chi connectivity index (χ0n) is 15.1. The fraction of sp³-hybridized carbons (Fsp3) is 0.0455. The van der Waals surface area contributed by atoms with E-state index in [0.29, 0.717) is 18.0 Å². The lowest BCUT2D eigenvalue weighted by molar-refractivity contribution is 0.210. The Morgan fingerprint density at radius 3 is 2.57 bits per heavy atom. The molecule has 0 atom stereocenters. The average Bonchev–Trinajstić information content (AvgIpc) is 3.08. The zero-order chi connectivity index (χ0) is 19.5. The molecular weight excluding hydrogens is 352 g/mol. The van der Waals surface area contributed by atoms with E-state index < -0.39 is 6.09 Å². The topological polar surface area (TPSA) is 107 Å². The minimum atomic E-state index is -0.837. The Morgan fingerprint density at radius 2 is 1.79 bits per heavy atom. The number of benzene rings is 3. The summed E-state index contributed by atoms with van der Waals surface area (Å²) in [6, 6.07) is 21.6. The van der Waals surface area contributed by atoms with Crippen LogP contribution in [-0.4, -0.2) is 16.3 Å². The average molecular weight is 371 g/mol. The van der Waals surface area contributed by atoms with E-state index >= 15 is 0 Å². The summed E-state index contributed by atoms with van der Waals surface area (Å²) in [4.78, 5) is 11.3. The van der Waals surface area contributed by atoms with Gasteiger partial charge in [-0.05, 0) is 59.4 Å². The smallest absolute Gasteiger partial charge is 0.409 e. The number of nitrogens with two attached hydrogens (primary N) is 2. The van der Waals surface area contributed by atoms with Crippen molar-refractivity contribution in [3.63, 3.8) is 0 Å². The van der Waals surface area contributed by atoms with Crippen LogP contribution in [0.15, 0.2) is 66.7 Å². The van der Waals surface area contributed by atoms with Crippen LogP contribution in [0.2, 0.25) is 0 Å². The van der Waals surface area contributed by atoms with E-state index in [0.717, 1.165) is 33.2 Å². The highest BCUT2D eigenvalue weighted by Gasteiger charge is 2.11. The number of primary amides is 1. The second kappa shape index (κ2) is 7.44. The lowest BCUT2D eigenvalue weighted by Crippen LogP contribution is -2.17. The van der Waals surface area contributed by atoms with Crippen molar-refractivity contribution < 1.29 is 9.53 Å². The van der Waals surface area contributed by atoms with Gasteiger partial charge in [0.25, 0.3) is 0 Å². The minimum Gasteiger partial charge on any atom is -0.410 e. The predicted molar refractivity (Wildman–Crippen MR) is 110 cm³/mol. The van der Waals surface area contributed by atoms with Crippen LogP contribution in [0.3, 0.4) is 0 Å². The highest BCUT2D eigenvalue weighted by atomic mass is 16.5. The summed E-state index contributed by atoms with van der Waals surface area (Å²) in [7, 11) is 0. The molecule has 6 heteroatoms. The number of amides is 1. The molecule has 4 rings (SSSR count). The maximum absolute atomic E-state index is 11.3. The van der Waals surface area contributed by atoms with Crippen molar-refractivity contribution in [1.82, 2.24) is 10.2 Å². The van der Waals surface area contributed by atoms with Crippen molar-refractivity contribution in [3.8, 4) is 16.9 Å². The monoisotopic (exact) mass is 371 g/mol. The fourth-order valence-corrected chi connectivity index (χ4v) is 3.15. The van der Waals surface area contributed by atoms with Crippen LogP contribution in [0, 0.1) is 6.42 Å². The van der Waals surface area contributed by atoms with Crippen molar-refractivity contribution >= 4 is 22.8 Å². The first-order valence-corrected chi connectivity index (χ1v) is 8.82. The van der Waals surface area contributed by atoms with Gasteiger partial charge >= 0.3 is 6.09 Å². The number of carbonyl (C=O) groups excluding carboxylic acids is 1. The van der Waals surface area contributed by atoms with Crippen molar-refractivity contribution in [2.24, 2.45) is 5.73 Å². The molecule has 0 spiro atoms. The number of H-pyrrole nitrogens is 1. The van der Waals surface area contributed by atoms with Gasteiger partial charge in [-0.15, -0.1) is 0 Å². The molecule has 1 radical (unpaired) electrons. The molecule has 3 aromatic carbocycles. The summed E-state index contributed by atoms with van der Waals surface area (Å²) >= 11 is 0. The summed E-state index contributed by atoms with van der Waals surface area (Å²) in [5.41, 5.74) is 15.9. The molecule has 5 N–H and O–H groups in total. The predicted octanol–water partition coefficient (Wildman–Crippen LogP) is 4.06. The maximum atomic E-state index is 11.3. The van der Waals surface area contributed by atoms with Gasteiger partial charge in [-0.2, -0.15) is 5.10 Å². The highest BCUT2D eigenvalue weighted by Crippen LogP contribution is 2.31. The third-order valence-electron chi connectivity index (χ3n) is 4.55. The number of nitrogens with one attached hydrogen (secondary N) is 1. The molecule has 0 aliphatic rings. The van der Waals surface area contributed by atoms with Crippen molar-refractivity contribution in [2.75, 3.05) is 5.73 Å².